The molecule has 2 rings (SSSR count). The Morgan fingerprint density at radius 1 is 1.44 bits per heavy atom. The highest BCUT2D eigenvalue weighted by atomic mass is 32.2. The van der Waals surface area contributed by atoms with Crippen LogP contribution in [0.4, 0.5) is 0 Å². The first-order valence-electron chi connectivity index (χ1n) is 5.46. The van der Waals surface area contributed by atoms with Gasteiger partial charge in [-0.2, -0.15) is 5.10 Å². The maximum atomic E-state index is 10.9. The zero-order chi connectivity index (χ0) is 13.2. The molecule has 0 amide bonds. The summed E-state index contributed by atoms with van der Waals surface area (Å²) in [5.41, 5.74) is 1.09. The van der Waals surface area contributed by atoms with Crippen LogP contribution in [0.2, 0.25) is 0 Å². The molecule has 1 N–H and O–H groups in total. The molecule has 0 atom stereocenters. The van der Waals surface area contributed by atoms with E-state index in [0.29, 0.717) is 13.0 Å². The first-order chi connectivity index (χ1) is 8.44. The molecule has 0 fully saturated rings. The van der Waals surface area contributed by atoms with Gasteiger partial charge in [-0.25, -0.2) is 13.1 Å². The van der Waals surface area contributed by atoms with Crippen LogP contribution in [0, 0.1) is 0 Å². The minimum absolute atomic E-state index is 0.436. The Kier molecular flexibility index (Phi) is 3.84. The molecule has 18 heavy (non-hydrogen) atoms. The van der Waals surface area contributed by atoms with Crippen LogP contribution in [0.1, 0.15) is 4.88 Å². The van der Waals surface area contributed by atoms with E-state index < -0.39 is 10.0 Å². The molecule has 0 aliphatic rings. The average Bonchev–Trinajstić information content (AvgIpc) is 2.85. The number of rotatable bonds is 5. The van der Waals surface area contributed by atoms with Gasteiger partial charge in [-0.05, 0) is 18.6 Å². The molecular weight excluding hydrogens is 270 g/mol. The number of nitrogens with one attached hydrogen (secondary N) is 1. The quantitative estimate of drug-likeness (QED) is 0.899. The molecular formula is C11H15N3O2S2. The van der Waals surface area contributed by atoms with Gasteiger partial charge in [-0.15, -0.1) is 11.3 Å². The van der Waals surface area contributed by atoms with E-state index in [4.69, 9.17) is 0 Å². The largest absolute Gasteiger partial charge is 0.275 e. The molecule has 2 heterocycles. The standard InChI is InChI=1S/C11H15N3O2S2/c1-14-8-9(7-12-14)11-4-3-10(17-11)5-6-13-18(2,15)16/h3-4,7-8,13H,5-6H2,1-2H3. The van der Waals surface area contributed by atoms with Crippen molar-refractivity contribution in [2.24, 2.45) is 7.05 Å². The summed E-state index contributed by atoms with van der Waals surface area (Å²) >= 11 is 1.66. The van der Waals surface area contributed by atoms with E-state index in [0.717, 1.165) is 15.3 Å². The molecule has 0 radical (unpaired) electrons. The van der Waals surface area contributed by atoms with E-state index in [1.54, 1.807) is 16.0 Å². The molecule has 98 valence electrons. The predicted molar refractivity (Wildman–Crippen MR) is 73.1 cm³/mol. The molecule has 5 nitrogen and oxygen atoms in total. The third-order valence-electron chi connectivity index (χ3n) is 2.39. The number of sulfonamides is 1. The molecule has 0 aliphatic heterocycles. The summed E-state index contributed by atoms with van der Waals surface area (Å²) < 4.78 is 26.1. The second kappa shape index (κ2) is 5.21. The van der Waals surface area contributed by atoms with Gasteiger partial charge < -0.3 is 0 Å². The third-order valence-corrected chi connectivity index (χ3v) is 4.31. The summed E-state index contributed by atoms with van der Waals surface area (Å²) in [6, 6.07) is 4.06. The Morgan fingerprint density at radius 2 is 2.22 bits per heavy atom. The average molecular weight is 285 g/mol. The molecule has 0 saturated heterocycles. The van der Waals surface area contributed by atoms with Crippen molar-refractivity contribution in [1.29, 1.82) is 0 Å². The summed E-state index contributed by atoms with van der Waals surface area (Å²) in [6.07, 6.45) is 5.66. The van der Waals surface area contributed by atoms with E-state index in [2.05, 4.69) is 9.82 Å². The second-order valence-corrected chi connectivity index (χ2v) is 7.09. The van der Waals surface area contributed by atoms with Crippen LogP contribution in [0.25, 0.3) is 10.4 Å². The summed E-state index contributed by atoms with van der Waals surface area (Å²) in [4.78, 5) is 2.31. The van der Waals surface area contributed by atoms with Gasteiger partial charge in [-0.1, -0.05) is 0 Å². The van der Waals surface area contributed by atoms with Crippen molar-refractivity contribution in [3.05, 3.63) is 29.4 Å². The van der Waals surface area contributed by atoms with Crippen molar-refractivity contribution in [3.8, 4) is 10.4 Å². The van der Waals surface area contributed by atoms with Gasteiger partial charge in [0.25, 0.3) is 0 Å². The Morgan fingerprint density at radius 3 is 2.83 bits per heavy atom. The third kappa shape index (κ3) is 3.66. The first kappa shape index (κ1) is 13.3. The van der Waals surface area contributed by atoms with Crippen LogP contribution in [-0.4, -0.2) is 31.0 Å². The lowest BCUT2D eigenvalue weighted by Gasteiger charge is -1.99. The van der Waals surface area contributed by atoms with Crippen molar-refractivity contribution in [2.45, 2.75) is 6.42 Å². The fourth-order valence-electron chi connectivity index (χ4n) is 1.58. The smallest absolute Gasteiger partial charge is 0.208 e. The van der Waals surface area contributed by atoms with Gasteiger partial charge in [-0.3, -0.25) is 4.68 Å². The number of hydrogen-bond acceptors (Lipinski definition) is 4. The molecule has 0 spiro atoms. The molecule has 0 aliphatic carbocycles. The second-order valence-electron chi connectivity index (χ2n) is 4.09. The van der Waals surface area contributed by atoms with E-state index >= 15 is 0 Å². The van der Waals surface area contributed by atoms with E-state index in [1.165, 1.54) is 6.26 Å². The molecule has 7 heteroatoms. The topological polar surface area (TPSA) is 64.0 Å². The predicted octanol–water partition coefficient (Wildman–Crippen LogP) is 1.24. The zero-order valence-electron chi connectivity index (χ0n) is 10.3. The Labute approximate surface area is 111 Å². The van der Waals surface area contributed by atoms with E-state index in [-0.39, 0.29) is 0 Å². The highest BCUT2D eigenvalue weighted by Crippen LogP contribution is 2.27. The lowest BCUT2D eigenvalue weighted by Crippen LogP contribution is -2.23. The van der Waals surface area contributed by atoms with Crippen molar-refractivity contribution < 1.29 is 8.42 Å². The molecule has 2 aromatic heterocycles. The van der Waals surface area contributed by atoms with Crippen LogP contribution in [0.15, 0.2) is 24.5 Å². The minimum Gasteiger partial charge on any atom is -0.275 e. The van der Waals surface area contributed by atoms with Gasteiger partial charge in [0, 0.05) is 35.1 Å². The monoisotopic (exact) mass is 285 g/mol. The molecule has 0 aromatic carbocycles. The highest BCUT2D eigenvalue weighted by Gasteiger charge is 2.06. The summed E-state index contributed by atoms with van der Waals surface area (Å²) in [6.45, 7) is 0.436. The first-order valence-corrected chi connectivity index (χ1v) is 8.17. The molecule has 0 bridgehead atoms. The highest BCUT2D eigenvalue weighted by molar-refractivity contribution is 7.88. The molecule has 2 aromatic rings. The maximum Gasteiger partial charge on any atom is 0.208 e. The Bertz CT molecular complexity index is 628. The lowest BCUT2D eigenvalue weighted by atomic mass is 10.3. The lowest BCUT2D eigenvalue weighted by molar-refractivity contribution is 0.588. The normalized spacial score (nSPS) is 11.9. The van der Waals surface area contributed by atoms with Crippen LogP contribution in [0.3, 0.4) is 0 Å². The van der Waals surface area contributed by atoms with Crippen molar-refractivity contribution in [1.82, 2.24) is 14.5 Å². The van der Waals surface area contributed by atoms with Crippen LogP contribution in [-0.2, 0) is 23.5 Å². The minimum atomic E-state index is -3.09. The van der Waals surface area contributed by atoms with Crippen molar-refractivity contribution >= 4 is 21.4 Å². The summed E-state index contributed by atoms with van der Waals surface area (Å²) in [7, 11) is -1.21. The van der Waals surface area contributed by atoms with Gasteiger partial charge in [0.1, 0.15) is 0 Å². The number of nitrogens with zero attached hydrogens (tertiary/aromatic N) is 2. The Balaban J connectivity index is 1.98. The van der Waals surface area contributed by atoms with Crippen molar-refractivity contribution in [3.63, 3.8) is 0 Å². The SMILES string of the molecule is Cn1cc(-c2ccc(CCNS(C)(=O)=O)s2)cn1. The Hall–Kier alpha value is -1.18. The van der Waals surface area contributed by atoms with E-state index in [1.807, 2.05) is 31.6 Å². The van der Waals surface area contributed by atoms with Crippen molar-refractivity contribution in [2.75, 3.05) is 12.8 Å². The number of thiophene rings is 1. The maximum absolute atomic E-state index is 10.9. The number of hydrogen-bond donors (Lipinski definition) is 1. The fraction of sp³-hybridized carbons (Fsp3) is 0.364. The number of aromatic nitrogens is 2. The van der Waals surface area contributed by atoms with Gasteiger partial charge >= 0.3 is 0 Å². The summed E-state index contributed by atoms with van der Waals surface area (Å²) in [5, 5.41) is 4.13. The van der Waals surface area contributed by atoms with Gasteiger partial charge in [0.15, 0.2) is 0 Å². The summed E-state index contributed by atoms with van der Waals surface area (Å²) in [5.74, 6) is 0. The molecule has 0 unspecified atom stereocenters. The van der Waals surface area contributed by atoms with Gasteiger partial charge in [0.2, 0.25) is 10.0 Å². The fourth-order valence-corrected chi connectivity index (χ4v) is 3.03. The van der Waals surface area contributed by atoms with Crippen LogP contribution < -0.4 is 4.72 Å². The zero-order valence-corrected chi connectivity index (χ0v) is 11.9. The van der Waals surface area contributed by atoms with Crippen LogP contribution >= 0.6 is 11.3 Å². The van der Waals surface area contributed by atoms with Crippen LogP contribution in [0.5, 0.6) is 0 Å². The molecule has 0 saturated carbocycles. The number of aryl methyl sites for hydroxylation is 1. The van der Waals surface area contributed by atoms with Gasteiger partial charge in [0.05, 0.1) is 12.5 Å². The van der Waals surface area contributed by atoms with E-state index in [9.17, 15) is 8.42 Å².